The molecule has 0 spiro atoms. The Hall–Kier alpha value is 1.52. The maximum Gasteiger partial charge on any atom is -0.0980 e. The molecule has 7 heteroatoms. The number of hydrogen-bond donors (Lipinski definition) is 0. The molecule has 0 nitrogen and oxygen atoms in total. The van der Waals surface area contributed by atoms with E-state index in [1.807, 2.05) is 0 Å². The van der Waals surface area contributed by atoms with Crippen LogP contribution in [0.25, 0.3) is 0 Å². The molecule has 19 heavy (non-hydrogen) atoms. The van der Waals surface area contributed by atoms with Gasteiger partial charge in [-0.15, -0.1) is 68.7 Å². The highest BCUT2D eigenvalue weighted by Crippen LogP contribution is 2.45. The Morgan fingerprint density at radius 2 is 0.737 bits per heavy atom. The summed E-state index contributed by atoms with van der Waals surface area (Å²) in [5.41, 5.74) is 0. The van der Waals surface area contributed by atoms with Crippen LogP contribution in [0.3, 0.4) is 0 Å². The summed E-state index contributed by atoms with van der Waals surface area (Å²) in [5.74, 6) is 0. The van der Waals surface area contributed by atoms with E-state index in [0.29, 0.717) is 0 Å². The van der Waals surface area contributed by atoms with Gasteiger partial charge in [0.05, 0.1) is 0 Å². The van der Waals surface area contributed by atoms with Crippen molar-refractivity contribution in [3.8, 4) is 0 Å². The van der Waals surface area contributed by atoms with Crippen LogP contribution in [0.15, 0.2) is 0 Å². The first-order chi connectivity index (χ1) is 7.98. The zero-order valence-corrected chi connectivity index (χ0v) is 22.5. The van der Waals surface area contributed by atoms with Crippen molar-refractivity contribution in [3.05, 3.63) is 0 Å². The van der Waals surface area contributed by atoms with E-state index in [4.69, 9.17) is 0 Å². The van der Waals surface area contributed by atoms with Crippen molar-refractivity contribution in [1.82, 2.24) is 0 Å². The molecule has 0 atom stereocenters. The minimum absolute atomic E-state index is 0.0412. The molecule has 0 amide bonds. The van der Waals surface area contributed by atoms with Gasteiger partial charge in [-0.2, -0.15) is 0 Å². The van der Waals surface area contributed by atoms with E-state index >= 15 is 0 Å². The second kappa shape index (κ2) is 4.76. The summed E-state index contributed by atoms with van der Waals surface area (Å²) in [4.78, 5) is 0. The van der Waals surface area contributed by atoms with Gasteiger partial charge in [0, 0.05) is 0 Å². The molecule has 1 fully saturated rings. The van der Waals surface area contributed by atoms with Crippen molar-refractivity contribution in [2.24, 2.45) is 0 Å². The minimum atomic E-state index is -0.897. The summed E-state index contributed by atoms with van der Waals surface area (Å²) in [6.07, 6.45) is 0. The van der Waals surface area contributed by atoms with Crippen molar-refractivity contribution in [3.63, 3.8) is 0 Å². The Morgan fingerprint density at radius 3 is 0.842 bits per heavy atom. The molecule has 114 valence electrons. The molecule has 0 aromatic heterocycles. The topological polar surface area (TPSA) is 0 Å². The van der Waals surface area contributed by atoms with Gasteiger partial charge in [0.25, 0.3) is 0 Å². The average Bonchev–Trinajstić information content (AvgIpc) is 2.02. The summed E-state index contributed by atoms with van der Waals surface area (Å²) < 4.78 is 0. The van der Waals surface area contributed by atoms with E-state index in [9.17, 15) is 0 Å². The quantitative estimate of drug-likeness (QED) is 0.629. The van der Waals surface area contributed by atoms with Gasteiger partial charge < -0.3 is 0 Å². The van der Waals surface area contributed by atoms with Crippen molar-refractivity contribution < 1.29 is 0 Å². The molecule has 0 radical (unpaired) electrons. The van der Waals surface area contributed by atoms with E-state index in [-0.39, 0.29) is 14.7 Å². The first-order valence-corrected chi connectivity index (χ1v) is 33.8. The molecule has 0 aromatic carbocycles. The van der Waals surface area contributed by atoms with Crippen LogP contribution in [0.5, 0.6) is 0 Å². The van der Waals surface area contributed by atoms with Crippen molar-refractivity contribution >= 4 is 51.2 Å². The Kier molecular flexibility index (Phi) is 4.65. The molecule has 0 unspecified atom stereocenters. The third-order valence-corrected chi connectivity index (χ3v) is 163. The molecule has 1 saturated heterocycles. The fourth-order valence-corrected chi connectivity index (χ4v) is 326. The van der Waals surface area contributed by atoms with Crippen LogP contribution < -0.4 is 0 Å². The Labute approximate surface area is 129 Å². The molecule has 1 aliphatic heterocycles. The van der Waals surface area contributed by atoms with Crippen molar-refractivity contribution in [1.29, 1.82) is 0 Å². The summed E-state index contributed by atoms with van der Waals surface area (Å²) in [5, 5.41) is 0. The summed E-state index contributed by atoms with van der Waals surface area (Å²) in [6, 6.07) is 0. The van der Waals surface area contributed by atoms with Crippen molar-refractivity contribution in [2.75, 3.05) is 0 Å². The lowest BCUT2D eigenvalue weighted by Crippen LogP contribution is -2.72. The zero-order chi connectivity index (χ0) is 15.7. The molecule has 0 aliphatic carbocycles. The summed E-state index contributed by atoms with van der Waals surface area (Å²) in [7, 11) is -4.39. The lowest BCUT2D eigenvalue weighted by molar-refractivity contribution is 1.83. The molecule has 1 aliphatic rings. The average molecular weight is 377 g/mol. The third kappa shape index (κ3) is 2.77. The fraction of sp³-hybridized carbons (Fsp3) is 1.00. The molecule has 1 rings (SSSR count). The van der Waals surface area contributed by atoms with Crippen LogP contribution in [-0.4, -0.2) is 51.2 Å². The standard InChI is InChI=1S/C12H36Si7/c1-15(2,3)13-17(7,8)14(16(4,5)6)19(11,12)18(13,9)10/h1-12H3/q-2. The van der Waals surface area contributed by atoms with Crippen LogP contribution in [0.4, 0.5) is 0 Å². The van der Waals surface area contributed by atoms with Crippen LogP contribution in [0, 0.1) is 0 Å². The first kappa shape index (κ1) is 18.6. The highest BCUT2D eigenvalue weighted by Gasteiger charge is 2.52. The maximum atomic E-state index is 2.89. The second-order valence-corrected chi connectivity index (χ2v) is 84.4. The molecule has 0 aromatic rings. The lowest BCUT2D eigenvalue weighted by atomic mass is 11.8. The molecular formula is C12H36Si7-2. The smallest absolute Gasteiger partial charge is 0.0980 e. The van der Waals surface area contributed by atoms with Crippen LogP contribution in [0.1, 0.15) is 0 Å². The molecule has 0 N–H and O–H groups in total. The number of hydrogen-bond acceptors (Lipinski definition) is 0. The fourth-order valence-electron chi connectivity index (χ4n) is 6.06. The van der Waals surface area contributed by atoms with Gasteiger partial charge >= 0.3 is 0 Å². The predicted octanol–water partition coefficient (Wildman–Crippen LogP) is 4.34. The Bertz CT molecular complexity index is 325. The zero-order valence-electron chi connectivity index (χ0n) is 15.5. The van der Waals surface area contributed by atoms with E-state index in [0.717, 1.165) is 0 Å². The van der Waals surface area contributed by atoms with Crippen LogP contribution in [0.2, 0.25) is 78.6 Å². The van der Waals surface area contributed by atoms with Gasteiger partial charge in [-0.25, -0.2) is 0 Å². The normalized spacial score (nSPS) is 27.8. The van der Waals surface area contributed by atoms with E-state index in [1.54, 1.807) is 0 Å². The van der Waals surface area contributed by atoms with Gasteiger partial charge in [0.1, 0.15) is 0 Å². The Morgan fingerprint density at radius 1 is 0.526 bits per heavy atom. The molecular weight excluding hydrogens is 341 g/mol. The largest absolute Gasteiger partial charge is 0.290 e. The third-order valence-electron chi connectivity index (χ3n) is 5.56. The highest BCUT2D eigenvalue weighted by molar-refractivity contribution is 8.19. The van der Waals surface area contributed by atoms with Crippen LogP contribution in [-0.2, 0) is 0 Å². The summed E-state index contributed by atoms with van der Waals surface area (Å²) in [6.45, 7) is 33.7. The van der Waals surface area contributed by atoms with Gasteiger partial charge in [0.2, 0.25) is 0 Å². The lowest BCUT2D eigenvalue weighted by Gasteiger charge is -2.64. The van der Waals surface area contributed by atoms with Gasteiger partial charge in [0.15, 0.2) is 0 Å². The maximum absolute atomic E-state index is 2.89. The first-order valence-electron chi connectivity index (χ1n) is 7.75. The highest BCUT2D eigenvalue weighted by atomic mass is 30.4. The molecule has 0 saturated carbocycles. The van der Waals surface area contributed by atoms with E-state index in [2.05, 4.69) is 78.6 Å². The Balaban J connectivity index is 3.56. The van der Waals surface area contributed by atoms with Gasteiger partial charge in [-0.3, -0.25) is 21.8 Å². The van der Waals surface area contributed by atoms with E-state index < -0.39 is 36.5 Å². The van der Waals surface area contributed by atoms with E-state index in [1.165, 1.54) is 0 Å². The number of rotatable bonds is 2. The SMILES string of the molecule is C[Si](C)(C)[Si-]1[Si](C)(C)[Si-]([Si](C)(C)C)[Si](C)(C)[Si]1(C)C. The van der Waals surface area contributed by atoms with Crippen LogP contribution >= 0.6 is 0 Å². The molecule has 0 bridgehead atoms. The minimum Gasteiger partial charge on any atom is -0.290 e. The second-order valence-electron chi connectivity index (χ2n) is 10.1. The van der Waals surface area contributed by atoms with Gasteiger partial charge in [-0.05, 0) is 0 Å². The monoisotopic (exact) mass is 376 g/mol. The molecule has 1 heterocycles. The predicted molar refractivity (Wildman–Crippen MR) is 111 cm³/mol. The van der Waals surface area contributed by atoms with Crippen molar-refractivity contribution in [2.45, 2.75) is 78.6 Å². The van der Waals surface area contributed by atoms with Gasteiger partial charge in [-0.1, -0.05) is 39.3 Å². The summed E-state index contributed by atoms with van der Waals surface area (Å²) >= 11 is 0.